The highest BCUT2D eigenvalue weighted by Gasteiger charge is 2.29. The van der Waals surface area contributed by atoms with Crippen molar-refractivity contribution in [2.45, 2.75) is 4.90 Å². The van der Waals surface area contributed by atoms with E-state index in [1.165, 1.54) is 4.31 Å². The minimum absolute atomic E-state index is 0.245. The lowest BCUT2D eigenvalue weighted by atomic mass is 10.2. The van der Waals surface area contributed by atoms with Crippen molar-refractivity contribution in [3.8, 4) is 0 Å². The molecule has 1 aliphatic rings. The minimum atomic E-state index is -3.84. The van der Waals surface area contributed by atoms with Crippen LogP contribution in [0.1, 0.15) is 0 Å². The van der Waals surface area contributed by atoms with Crippen molar-refractivity contribution < 1.29 is 17.6 Å². The predicted molar refractivity (Wildman–Crippen MR) is 72.1 cm³/mol. The molecule has 2 aromatic rings. The Morgan fingerprint density at radius 1 is 1.10 bits per heavy atom. The largest absolute Gasteiger partial charge is 0.463 e. The van der Waals surface area contributed by atoms with Gasteiger partial charge in [0.05, 0.1) is 18.6 Å². The quantitative estimate of drug-likeness (QED) is 0.819. The smallest absolute Gasteiger partial charge is 0.250 e. The standard InChI is InChI=1S/C13H13NO5S/c15-13-10-3-1-2-4-11(10)19-9-12(13)20(16,17)14-5-7-18-8-6-14/h1-4,9H,5-8H2. The fraction of sp³-hybridized carbons (Fsp3) is 0.308. The maximum Gasteiger partial charge on any atom is 0.250 e. The van der Waals surface area contributed by atoms with Crippen LogP contribution in [0.4, 0.5) is 0 Å². The van der Waals surface area contributed by atoms with Crippen molar-refractivity contribution in [1.82, 2.24) is 4.31 Å². The third kappa shape index (κ3) is 2.13. The van der Waals surface area contributed by atoms with Crippen LogP contribution in [0.5, 0.6) is 0 Å². The summed E-state index contributed by atoms with van der Waals surface area (Å²) in [5.74, 6) is 0. The molecule has 1 aliphatic heterocycles. The molecule has 0 N–H and O–H groups in total. The molecule has 20 heavy (non-hydrogen) atoms. The second-order valence-corrected chi connectivity index (χ2v) is 6.35. The molecule has 0 radical (unpaired) electrons. The van der Waals surface area contributed by atoms with Crippen LogP contribution in [0.3, 0.4) is 0 Å². The molecule has 0 spiro atoms. The van der Waals surface area contributed by atoms with Crippen molar-refractivity contribution in [3.05, 3.63) is 40.8 Å². The first kappa shape index (κ1) is 13.3. The van der Waals surface area contributed by atoms with Crippen molar-refractivity contribution in [2.75, 3.05) is 26.3 Å². The number of morpholine rings is 1. The van der Waals surface area contributed by atoms with Crippen LogP contribution < -0.4 is 5.43 Å². The first-order valence-electron chi connectivity index (χ1n) is 6.19. The van der Waals surface area contributed by atoms with Gasteiger partial charge in [-0.2, -0.15) is 4.31 Å². The average molecular weight is 295 g/mol. The van der Waals surface area contributed by atoms with Crippen LogP contribution in [0.2, 0.25) is 0 Å². The summed E-state index contributed by atoms with van der Waals surface area (Å²) in [6.07, 6.45) is 1.02. The summed E-state index contributed by atoms with van der Waals surface area (Å²) in [5, 5.41) is 0.266. The number of para-hydroxylation sites is 1. The number of ether oxygens (including phenoxy) is 1. The number of hydrogen-bond donors (Lipinski definition) is 0. The van der Waals surface area contributed by atoms with Crippen molar-refractivity contribution in [2.24, 2.45) is 0 Å². The fourth-order valence-corrected chi connectivity index (χ4v) is 3.59. The van der Waals surface area contributed by atoms with E-state index in [2.05, 4.69) is 0 Å². The van der Waals surface area contributed by atoms with Crippen LogP contribution in [0.25, 0.3) is 11.0 Å². The van der Waals surface area contributed by atoms with Gasteiger partial charge in [0.25, 0.3) is 0 Å². The van der Waals surface area contributed by atoms with Gasteiger partial charge in [0.2, 0.25) is 15.5 Å². The molecule has 0 bridgehead atoms. The molecule has 1 saturated heterocycles. The number of fused-ring (bicyclic) bond motifs is 1. The van der Waals surface area contributed by atoms with E-state index in [9.17, 15) is 13.2 Å². The molecule has 0 amide bonds. The number of hydrogen-bond acceptors (Lipinski definition) is 5. The van der Waals surface area contributed by atoms with Crippen LogP contribution in [-0.4, -0.2) is 39.0 Å². The van der Waals surface area contributed by atoms with Crippen LogP contribution >= 0.6 is 0 Å². The zero-order chi connectivity index (χ0) is 14.2. The summed E-state index contributed by atoms with van der Waals surface area (Å²) in [7, 11) is -3.84. The predicted octanol–water partition coefficient (Wildman–Crippen LogP) is 0.814. The minimum Gasteiger partial charge on any atom is -0.463 e. The van der Waals surface area contributed by atoms with Gasteiger partial charge in [-0.25, -0.2) is 8.42 Å². The Labute approximate surface area is 115 Å². The Balaban J connectivity index is 2.14. The topological polar surface area (TPSA) is 76.8 Å². The van der Waals surface area contributed by atoms with Gasteiger partial charge in [-0.15, -0.1) is 0 Å². The van der Waals surface area contributed by atoms with Crippen molar-refractivity contribution in [1.29, 1.82) is 0 Å². The van der Waals surface area contributed by atoms with E-state index in [4.69, 9.17) is 9.15 Å². The Morgan fingerprint density at radius 2 is 1.80 bits per heavy atom. The van der Waals surface area contributed by atoms with Crippen LogP contribution in [-0.2, 0) is 14.8 Å². The van der Waals surface area contributed by atoms with Gasteiger partial charge in [0.1, 0.15) is 11.8 Å². The first-order valence-corrected chi connectivity index (χ1v) is 7.63. The van der Waals surface area contributed by atoms with E-state index in [1.54, 1.807) is 24.3 Å². The summed E-state index contributed by atoms with van der Waals surface area (Å²) in [6, 6.07) is 6.58. The average Bonchev–Trinajstić information content (AvgIpc) is 2.48. The van der Waals surface area contributed by atoms with E-state index < -0.39 is 15.5 Å². The lowest BCUT2D eigenvalue weighted by Gasteiger charge is -2.25. The summed E-state index contributed by atoms with van der Waals surface area (Å²) >= 11 is 0. The molecule has 0 atom stereocenters. The Kier molecular flexibility index (Phi) is 3.33. The van der Waals surface area contributed by atoms with Crippen LogP contribution in [0, 0.1) is 0 Å². The van der Waals surface area contributed by atoms with Crippen LogP contribution in [0.15, 0.2) is 44.6 Å². The molecular weight excluding hydrogens is 282 g/mol. The maximum absolute atomic E-state index is 12.5. The Hall–Kier alpha value is -1.70. The van der Waals surface area contributed by atoms with Gasteiger partial charge < -0.3 is 9.15 Å². The normalized spacial score (nSPS) is 17.4. The van der Waals surface area contributed by atoms with E-state index in [0.717, 1.165) is 6.26 Å². The number of benzene rings is 1. The first-order chi connectivity index (χ1) is 9.60. The van der Waals surface area contributed by atoms with E-state index in [1.807, 2.05) is 0 Å². The molecule has 106 valence electrons. The molecular formula is C13H13NO5S. The molecule has 7 heteroatoms. The fourth-order valence-electron chi connectivity index (χ4n) is 2.16. The molecule has 0 saturated carbocycles. The molecule has 2 heterocycles. The van der Waals surface area contributed by atoms with Crippen molar-refractivity contribution >= 4 is 21.0 Å². The summed E-state index contributed by atoms with van der Waals surface area (Å²) < 4.78 is 36.6. The zero-order valence-electron chi connectivity index (χ0n) is 10.6. The maximum atomic E-state index is 12.5. The van der Waals surface area contributed by atoms with E-state index in [-0.39, 0.29) is 23.4 Å². The molecule has 3 rings (SSSR count). The Morgan fingerprint density at radius 3 is 2.55 bits per heavy atom. The molecule has 0 unspecified atom stereocenters. The van der Waals surface area contributed by atoms with Gasteiger partial charge in [0, 0.05) is 13.1 Å². The van der Waals surface area contributed by atoms with E-state index >= 15 is 0 Å². The molecule has 6 nitrogen and oxygen atoms in total. The molecule has 1 aromatic carbocycles. The lowest BCUT2D eigenvalue weighted by molar-refractivity contribution is 0.0729. The third-order valence-electron chi connectivity index (χ3n) is 3.24. The van der Waals surface area contributed by atoms with Gasteiger partial charge in [-0.05, 0) is 12.1 Å². The number of sulfonamides is 1. The van der Waals surface area contributed by atoms with Gasteiger partial charge in [-0.1, -0.05) is 12.1 Å². The number of nitrogens with zero attached hydrogens (tertiary/aromatic N) is 1. The SMILES string of the molecule is O=c1c(S(=O)(=O)N2CCOCC2)coc2ccccc12. The van der Waals surface area contributed by atoms with Gasteiger partial charge in [-0.3, -0.25) is 4.79 Å². The summed E-state index contributed by atoms with van der Waals surface area (Å²) in [4.78, 5) is 12.0. The molecule has 1 aromatic heterocycles. The monoisotopic (exact) mass is 295 g/mol. The summed E-state index contributed by atoms with van der Waals surface area (Å²) in [5.41, 5.74) is -0.156. The lowest BCUT2D eigenvalue weighted by Crippen LogP contribution is -2.42. The van der Waals surface area contributed by atoms with E-state index in [0.29, 0.717) is 18.8 Å². The second kappa shape index (κ2) is 5.01. The molecule has 1 fully saturated rings. The van der Waals surface area contributed by atoms with Gasteiger partial charge in [0.15, 0.2) is 4.90 Å². The Bertz CT molecular complexity index is 790. The molecule has 0 aliphatic carbocycles. The third-order valence-corrected chi connectivity index (χ3v) is 5.12. The van der Waals surface area contributed by atoms with Gasteiger partial charge >= 0.3 is 0 Å². The summed E-state index contributed by atoms with van der Waals surface area (Å²) in [6.45, 7) is 1.15. The zero-order valence-corrected chi connectivity index (χ0v) is 11.4. The highest BCUT2D eigenvalue weighted by Crippen LogP contribution is 2.17. The highest BCUT2D eigenvalue weighted by molar-refractivity contribution is 7.89. The highest BCUT2D eigenvalue weighted by atomic mass is 32.2. The number of rotatable bonds is 2. The second-order valence-electron chi connectivity index (χ2n) is 4.44. The van der Waals surface area contributed by atoms with Crippen molar-refractivity contribution in [3.63, 3.8) is 0 Å².